The number of anilines is 1. The molecule has 0 saturated heterocycles. The molecule has 8 heteroatoms. The Hall–Kier alpha value is -1.80. The maximum Gasteiger partial charge on any atom is 0.266 e. The van der Waals surface area contributed by atoms with E-state index in [2.05, 4.69) is 50.5 Å². The first-order valence-electron chi connectivity index (χ1n) is 9.32. The molecular formula is C24H16Cl2I2N2O2. The fraction of sp³-hybridized carbons (Fsp3) is 0.0833. The molecule has 0 spiro atoms. The summed E-state index contributed by atoms with van der Waals surface area (Å²) < 4.78 is 7.74. The van der Waals surface area contributed by atoms with Gasteiger partial charge in [0.2, 0.25) is 0 Å². The van der Waals surface area contributed by atoms with Gasteiger partial charge in [0.1, 0.15) is 24.0 Å². The number of carbonyl (C=O) groups is 1. The monoisotopic (exact) mass is 688 g/mol. The molecule has 162 valence electrons. The van der Waals surface area contributed by atoms with Crippen LogP contribution in [0, 0.1) is 25.4 Å². The van der Waals surface area contributed by atoms with Crippen LogP contribution in [-0.4, -0.2) is 5.91 Å². The van der Waals surface area contributed by atoms with E-state index in [0.29, 0.717) is 22.3 Å². The number of nitrogens with one attached hydrogen (secondary N) is 1. The number of nitrogens with zero attached hydrogens (tertiary/aromatic N) is 1. The van der Waals surface area contributed by atoms with E-state index in [1.807, 2.05) is 49.4 Å². The highest BCUT2D eigenvalue weighted by Gasteiger charge is 2.14. The van der Waals surface area contributed by atoms with Crippen LogP contribution in [-0.2, 0) is 11.4 Å². The van der Waals surface area contributed by atoms with Crippen molar-refractivity contribution in [1.82, 2.24) is 0 Å². The molecule has 3 rings (SSSR count). The molecule has 0 unspecified atom stereocenters. The molecule has 0 aliphatic heterocycles. The second kappa shape index (κ2) is 11.4. The molecule has 4 nitrogen and oxygen atoms in total. The van der Waals surface area contributed by atoms with Gasteiger partial charge in [0, 0.05) is 15.7 Å². The molecule has 0 bridgehead atoms. The van der Waals surface area contributed by atoms with Crippen molar-refractivity contribution in [2.24, 2.45) is 0 Å². The highest BCUT2D eigenvalue weighted by atomic mass is 127. The topological polar surface area (TPSA) is 62.1 Å². The minimum atomic E-state index is -0.494. The number of nitriles is 1. The lowest BCUT2D eigenvalue weighted by atomic mass is 10.1. The van der Waals surface area contributed by atoms with Gasteiger partial charge in [0.05, 0.1) is 7.14 Å². The van der Waals surface area contributed by atoms with Gasteiger partial charge in [0.15, 0.2) is 0 Å². The molecule has 0 aliphatic rings. The number of amides is 1. The van der Waals surface area contributed by atoms with Crippen LogP contribution < -0.4 is 10.1 Å². The zero-order valence-corrected chi connectivity index (χ0v) is 22.6. The van der Waals surface area contributed by atoms with E-state index in [1.165, 1.54) is 0 Å². The molecule has 0 heterocycles. The van der Waals surface area contributed by atoms with E-state index < -0.39 is 5.91 Å². The molecule has 0 atom stereocenters. The average Bonchev–Trinajstić information content (AvgIpc) is 2.75. The van der Waals surface area contributed by atoms with Crippen molar-refractivity contribution in [2.45, 2.75) is 13.5 Å². The minimum absolute atomic E-state index is 0.00851. The molecule has 0 radical (unpaired) electrons. The fourth-order valence-corrected chi connectivity index (χ4v) is 5.20. The van der Waals surface area contributed by atoms with Gasteiger partial charge in [-0.1, -0.05) is 41.4 Å². The summed E-state index contributed by atoms with van der Waals surface area (Å²) >= 11 is 16.3. The Labute approximate surface area is 223 Å². The van der Waals surface area contributed by atoms with Gasteiger partial charge in [-0.15, -0.1) is 0 Å². The molecular weight excluding hydrogens is 673 g/mol. The van der Waals surface area contributed by atoms with Crippen molar-refractivity contribution < 1.29 is 9.53 Å². The SMILES string of the molecule is Cc1ccc(Cl)cc1NC(=O)/C(C#N)=C/c1cc(I)c(OCc2ccc(Cl)cc2)c(I)c1. The summed E-state index contributed by atoms with van der Waals surface area (Å²) in [5.74, 6) is 0.252. The molecule has 0 fully saturated rings. The summed E-state index contributed by atoms with van der Waals surface area (Å²) in [6.45, 7) is 2.26. The van der Waals surface area contributed by atoms with Gasteiger partial charge < -0.3 is 10.1 Å². The molecule has 0 aromatic heterocycles. The summed E-state index contributed by atoms with van der Waals surface area (Å²) in [5, 5.41) is 13.5. The number of aryl methyl sites for hydroxylation is 1. The lowest BCUT2D eigenvalue weighted by Gasteiger charge is -2.12. The smallest absolute Gasteiger partial charge is 0.266 e. The Morgan fingerprint density at radius 2 is 1.69 bits per heavy atom. The van der Waals surface area contributed by atoms with E-state index >= 15 is 0 Å². The number of rotatable bonds is 6. The van der Waals surface area contributed by atoms with E-state index in [9.17, 15) is 10.1 Å². The van der Waals surface area contributed by atoms with E-state index in [0.717, 1.165) is 29.6 Å². The van der Waals surface area contributed by atoms with Crippen LogP contribution in [0.4, 0.5) is 5.69 Å². The second-order valence-electron chi connectivity index (χ2n) is 6.81. The molecule has 3 aromatic rings. The Balaban J connectivity index is 1.78. The number of halogens is 4. The van der Waals surface area contributed by atoms with Crippen LogP contribution >= 0.6 is 68.4 Å². The molecule has 1 N–H and O–H groups in total. The molecule has 0 saturated carbocycles. The van der Waals surface area contributed by atoms with Gasteiger partial charge in [-0.3, -0.25) is 4.79 Å². The van der Waals surface area contributed by atoms with Crippen LogP contribution in [0.5, 0.6) is 5.75 Å². The van der Waals surface area contributed by atoms with Crippen molar-refractivity contribution in [2.75, 3.05) is 5.32 Å². The lowest BCUT2D eigenvalue weighted by molar-refractivity contribution is -0.112. The standard InChI is InChI=1S/C24H16Cl2I2N2O2/c1-14-2-5-19(26)11-22(14)30-24(31)17(12-29)8-16-9-20(27)23(21(28)10-16)32-13-15-3-6-18(25)7-4-15/h2-11H,13H2,1H3,(H,30,31)/b17-8+. The number of hydrogen-bond acceptors (Lipinski definition) is 3. The quantitative estimate of drug-likeness (QED) is 0.165. The first-order chi connectivity index (χ1) is 15.3. The Morgan fingerprint density at radius 3 is 2.31 bits per heavy atom. The predicted molar refractivity (Wildman–Crippen MR) is 146 cm³/mol. The van der Waals surface area contributed by atoms with Gasteiger partial charge >= 0.3 is 0 Å². The summed E-state index contributed by atoms with van der Waals surface area (Å²) in [7, 11) is 0. The van der Waals surface area contributed by atoms with Crippen molar-refractivity contribution in [3.63, 3.8) is 0 Å². The van der Waals surface area contributed by atoms with Crippen LogP contribution in [0.15, 0.2) is 60.2 Å². The highest BCUT2D eigenvalue weighted by molar-refractivity contribution is 14.1. The van der Waals surface area contributed by atoms with Crippen LogP contribution in [0.1, 0.15) is 16.7 Å². The third kappa shape index (κ3) is 6.61. The first kappa shape index (κ1) is 24.8. The normalized spacial score (nSPS) is 11.1. The summed E-state index contributed by atoms with van der Waals surface area (Å²) in [6.07, 6.45) is 1.56. The number of hydrogen-bond donors (Lipinski definition) is 1. The summed E-state index contributed by atoms with van der Waals surface area (Å²) in [6, 6.07) is 18.4. The van der Waals surface area contributed by atoms with Crippen molar-refractivity contribution in [3.05, 3.63) is 94.0 Å². The molecule has 1 amide bonds. The Kier molecular flexibility index (Phi) is 8.82. The molecule has 3 aromatic carbocycles. The van der Waals surface area contributed by atoms with Crippen LogP contribution in [0.25, 0.3) is 6.08 Å². The summed E-state index contributed by atoms with van der Waals surface area (Å²) in [4.78, 5) is 12.6. The molecule has 0 aliphatic carbocycles. The van der Waals surface area contributed by atoms with Gasteiger partial charge in [-0.2, -0.15) is 5.26 Å². The van der Waals surface area contributed by atoms with E-state index in [4.69, 9.17) is 27.9 Å². The predicted octanol–water partition coefficient (Wildman–Crippen LogP) is 7.64. The fourth-order valence-electron chi connectivity index (χ4n) is 2.77. The first-order valence-corrected chi connectivity index (χ1v) is 12.2. The third-order valence-corrected chi connectivity index (χ3v) is 6.53. The zero-order valence-electron chi connectivity index (χ0n) is 16.8. The maximum absolute atomic E-state index is 12.6. The third-order valence-electron chi connectivity index (χ3n) is 4.44. The minimum Gasteiger partial charge on any atom is -0.487 e. The van der Waals surface area contributed by atoms with Crippen molar-refractivity contribution >= 4 is 86.1 Å². The van der Waals surface area contributed by atoms with Gasteiger partial charge in [-0.05, 0) is 111 Å². The van der Waals surface area contributed by atoms with E-state index in [1.54, 1.807) is 24.3 Å². The number of carbonyl (C=O) groups excluding carboxylic acids is 1. The summed E-state index contributed by atoms with van der Waals surface area (Å²) in [5.41, 5.74) is 3.15. The average molecular weight is 689 g/mol. The van der Waals surface area contributed by atoms with Crippen molar-refractivity contribution in [3.8, 4) is 11.8 Å². The Bertz CT molecular complexity index is 1210. The zero-order chi connectivity index (χ0) is 23.3. The van der Waals surface area contributed by atoms with E-state index in [-0.39, 0.29) is 5.57 Å². The number of ether oxygens (including phenoxy) is 1. The number of benzene rings is 3. The maximum atomic E-state index is 12.6. The van der Waals surface area contributed by atoms with Gasteiger partial charge in [-0.25, -0.2) is 0 Å². The largest absolute Gasteiger partial charge is 0.487 e. The van der Waals surface area contributed by atoms with Crippen molar-refractivity contribution in [1.29, 1.82) is 5.26 Å². The molecule has 32 heavy (non-hydrogen) atoms. The highest BCUT2D eigenvalue weighted by Crippen LogP contribution is 2.31. The lowest BCUT2D eigenvalue weighted by Crippen LogP contribution is -2.14. The van der Waals surface area contributed by atoms with Crippen LogP contribution in [0.3, 0.4) is 0 Å². The Morgan fingerprint density at radius 1 is 1.06 bits per heavy atom. The second-order valence-corrected chi connectivity index (χ2v) is 10.0. The van der Waals surface area contributed by atoms with Crippen LogP contribution in [0.2, 0.25) is 10.0 Å². The van der Waals surface area contributed by atoms with Gasteiger partial charge in [0.25, 0.3) is 5.91 Å².